The van der Waals surface area contributed by atoms with E-state index < -0.39 is 6.03 Å². The van der Waals surface area contributed by atoms with Crippen LogP contribution in [0.15, 0.2) is 42.5 Å². The van der Waals surface area contributed by atoms with Crippen molar-refractivity contribution in [1.82, 2.24) is 9.55 Å². The number of nitrogens with one attached hydrogen (secondary N) is 3. The van der Waals surface area contributed by atoms with Crippen molar-refractivity contribution in [3.05, 3.63) is 48.0 Å². The summed E-state index contributed by atoms with van der Waals surface area (Å²) < 4.78 is 7.36. The molecule has 3 amide bonds. The van der Waals surface area contributed by atoms with E-state index in [-0.39, 0.29) is 5.91 Å². The van der Waals surface area contributed by atoms with Gasteiger partial charge >= 0.3 is 6.03 Å². The molecular formula is C24H28N6O3. The number of anilines is 3. The van der Waals surface area contributed by atoms with E-state index in [4.69, 9.17) is 10.00 Å². The van der Waals surface area contributed by atoms with Crippen molar-refractivity contribution >= 4 is 40.3 Å². The number of hydrogen-bond acceptors (Lipinski definition) is 5. The molecule has 0 saturated heterocycles. The molecule has 0 atom stereocenters. The van der Waals surface area contributed by atoms with Gasteiger partial charge in [0.1, 0.15) is 0 Å². The van der Waals surface area contributed by atoms with Crippen molar-refractivity contribution in [2.45, 2.75) is 39.7 Å². The second kappa shape index (κ2) is 11.6. The summed E-state index contributed by atoms with van der Waals surface area (Å²) in [5.41, 5.74) is 3.11. The van der Waals surface area contributed by atoms with Crippen molar-refractivity contribution < 1.29 is 14.3 Å². The minimum absolute atomic E-state index is 0.0506. The van der Waals surface area contributed by atoms with E-state index in [9.17, 15) is 9.59 Å². The minimum Gasteiger partial charge on any atom is -0.382 e. The molecule has 0 aliphatic carbocycles. The van der Waals surface area contributed by atoms with Gasteiger partial charge in [0.15, 0.2) is 0 Å². The molecule has 3 N–H and O–H groups in total. The first kappa shape index (κ1) is 23.8. The van der Waals surface area contributed by atoms with E-state index in [1.807, 2.05) is 36.6 Å². The fourth-order valence-corrected chi connectivity index (χ4v) is 3.38. The summed E-state index contributed by atoms with van der Waals surface area (Å²) in [6, 6.07) is 13.7. The predicted molar refractivity (Wildman–Crippen MR) is 128 cm³/mol. The van der Waals surface area contributed by atoms with Crippen LogP contribution in [0.2, 0.25) is 0 Å². The van der Waals surface area contributed by atoms with Crippen LogP contribution in [0.1, 0.15) is 38.7 Å². The van der Waals surface area contributed by atoms with Crippen LogP contribution in [-0.4, -0.2) is 34.7 Å². The molecule has 0 fully saturated rings. The zero-order chi connectivity index (χ0) is 23.6. The SMILES string of the molecule is CCCC(=O)Nc1ccc2c(c1)nc(NC(=O)Nc1cccc(C#N)c1)n2CCCOCC. The zero-order valence-corrected chi connectivity index (χ0v) is 18.9. The third-order valence-corrected chi connectivity index (χ3v) is 4.86. The molecule has 3 aromatic rings. The molecule has 172 valence electrons. The Labute approximate surface area is 192 Å². The van der Waals surface area contributed by atoms with E-state index in [2.05, 4.69) is 20.9 Å². The number of aryl methyl sites for hydroxylation is 1. The zero-order valence-electron chi connectivity index (χ0n) is 18.9. The molecule has 1 aromatic heterocycles. The van der Waals surface area contributed by atoms with Crippen molar-refractivity contribution in [1.29, 1.82) is 5.26 Å². The number of imidazole rings is 1. The van der Waals surface area contributed by atoms with Gasteiger partial charge in [0.2, 0.25) is 11.9 Å². The number of fused-ring (bicyclic) bond motifs is 1. The number of nitriles is 1. The van der Waals surface area contributed by atoms with Crippen LogP contribution < -0.4 is 16.0 Å². The topological polar surface area (TPSA) is 121 Å². The number of hydrogen-bond donors (Lipinski definition) is 3. The Kier molecular flexibility index (Phi) is 8.38. The quantitative estimate of drug-likeness (QED) is 0.388. The molecule has 9 heteroatoms. The molecule has 0 radical (unpaired) electrons. The van der Waals surface area contributed by atoms with Crippen LogP contribution >= 0.6 is 0 Å². The third kappa shape index (κ3) is 6.54. The van der Waals surface area contributed by atoms with Gasteiger partial charge in [0.25, 0.3) is 0 Å². The number of carbonyl (C=O) groups excluding carboxylic acids is 2. The number of nitrogens with zero attached hydrogens (tertiary/aromatic N) is 3. The van der Waals surface area contributed by atoms with Gasteiger partial charge in [0, 0.05) is 37.6 Å². The molecule has 1 heterocycles. The molecule has 0 aliphatic heterocycles. The largest absolute Gasteiger partial charge is 0.382 e. The van der Waals surface area contributed by atoms with Crippen LogP contribution in [-0.2, 0) is 16.1 Å². The first-order chi connectivity index (χ1) is 16.0. The lowest BCUT2D eigenvalue weighted by atomic mass is 10.2. The summed E-state index contributed by atoms with van der Waals surface area (Å²) in [6.07, 6.45) is 1.96. The average Bonchev–Trinajstić information content (AvgIpc) is 3.12. The second-order valence-electron chi connectivity index (χ2n) is 7.41. The summed E-state index contributed by atoms with van der Waals surface area (Å²) >= 11 is 0. The second-order valence-corrected chi connectivity index (χ2v) is 7.41. The number of ether oxygens (including phenoxy) is 1. The Hall–Kier alpha value is -3.90. The number of aromatic nitrogens is 2. The summed E-state index contributed by atoms with van der Waals surface area (Å²) in [4.78, 5) is 29.2. The molecule has 0 bridgehead atoms. The molecule has 0 aliphatic rings. The lowest BCUT2D eigenvalue weighted by Crippen LogP contribution is -2.22. The third-order valence-electron chi connectivity index (χ3n) is 4.86. The average molecular weight is 449 g/mol. The Morgan fingerprint density at radius 1 is 1.09 bits per heavy atom. The molecule has 0 unspecified atom stereocenters. The highest BCUT2D eigenvalue weighted by molar-refractivity contribution is 6.00. The molecule has 3 rings (SSSR count). The van der Waals surface area contributed by atoms with Gasteiger partial charge < -0.3 is 19.9 Å². The van der Waals surface area contributed by atoms with Crippen molar-refractivity contribution in [3.63, 3.8) is 0 Å². The Morgan fingerprint density at radius 2 is 1.91 bits per heavy atom. The maximum absolute atomic E-state index is 12.6. The summed E-state index contributed by atoms with van der Waals surface area (Å²) in [7, 11) is 0. The lowest BCUT2D eigenvalue weighted by molar-refractivity contribution is -0.116. The number of urea groups is 1. The molecule has 0 saturated carbocycles. The molecule has 33 heavy (non-hydrogen) atoms. The monoisotopic (exact) mass is 448 g/mol. The van der Waals surface area contributed by atoms with Crippen molar-refractivity contribution in [2.75, 3.05) is 29.2 Å². The van der Waals surface area contributed by atoms with E-state index in [1.165, 1.54) is 0 Å². The molecule has 2 aromatic carbocycles. The summed E-state index contributed by atoms with van der Waals surface area (Å²) in [5, 5.41) is 17.4. The van der Waals surface area contributed by atoms with Gasteiger partial charge in [-0.15, -0.1) is 0 Å². The van der Waals surface area contributed by atoms with E-state index in [0.29, 0.717) is 54.6 Å². The van der Waals surface area contributed by atoms with Crippen LogP contribution in [0.3, 0.4) is 0 Å². The first-order valence-electron chi connectivity index (χ1n) is 11.0. The minimum atomic E-state index is -0.470. The van der Waals surface area contributed by atoms with Gasteiger partial charge in [-0.3, -0.25) is 10.1 Å². The van der Waals surface area contributed by atoms with Gasteiger partial charge in [0.05, 0.1) is 22.7 Å². The summed E-state index contributed by atoms with van der Waals surface area (Å²) in [5.74, 6) is 0.331. The van der Waals surface area contributed by atoms with Gasteiger partial charge in [-0.25, -0.2) is 9.78 Å². The molecule has 0 spiro atoms. The number of benzene rings is 2. The highest BCUT2D eigenvalue weighted by Crippen LogP contribution is 2.24. The first-order valence-corrected chi connectivity index (χ1v) is 11.0. The number of carbonyl (C=O) groups is 2. The maximum atomic E-state index is 12.6. The highest BCUT2D eigenvalue weighted by Gasteiger charge is 2.15. The van der Waals surface area contributed by atoms with E-state index in [1.54, 1.807) is 30.3 Å². The van der Waals surface area contributed by atoms with Crippen LogP contribution in [0, 0.1) is 11.3 Å². The van der Waals surface area contributed by atoms with Crippen molar-refractivity contribution in [3.8, 4) is 6.07 Å². The molecule has 9 nitrogen and oxygen atoms in total. The lowest BCUT2D eigenvalue weighted by Gasteiger charge is -2.11. The molecular weight excluding hydrogens is 420 g/mol. The van der Waals surface area contributed by atoms with Gasteiger partial charge in [-0.1, -0.05) is 13.0 Å². The standard InChI is InChI=1S/C24H28N6O3/c1-3-7-22(31)26-19-10-11-21-20(15-19)28-23(30(21)12-6-13-33-4-2)29-24(32)27-18-9-5-8-17(14-18)16-25/h5,8-11,14-15H,3-4,6-7,12-13H2,1-2H3,(H,26,31)(H2,27,28,29,32). The van der Waals surface area contributed by atoms with Crippen molar-refractivity contribution in [2.24, 2.45) is 0 Å². The van der Waals surface area contributed by atoms with E-state index >= 15 is 0 Å². The van der Waals surface area contributed by atoms with Gasteiger partial charge in [-0.05, 0) is 56.2 Å². The number of amides is 3. The Balaban J connectivity index is 1.82. The summed E-state index contributed by atoms with van der Waals surface area (Å²) in [6.45, 7) is 5.72. The fourth-order valence-electron chi connectivity index (χ4n) is 3.38. The fraction of sp³-hybridized carbons (Fsp3) is 0.333. The smallest absolute Gasteiger partial charge is 0.326 e. The van der Waals surface area contributed by atoms with Crippen LogP contribution in [0.4, 0.5) is 22.1 Å². The highest BCUT2D eigenvalue weighted by atomic mass is 16.5. The van der Waals surface area contributed by atoms with Crippen LogP contribution in [0.5, 0.6) is 0 Å². The predicted octanol–water partition coefficient (Wildman–Crippen LogP) is 4.72. The number of rotatable bonds is 10. The normalized spacial score (nSPS) is 10.6. The Morgan fingerprint density at radius 3 is 2.67 bits per heavy atom. The van der Waals surface area contributed by atoms with E-state index in [0.717, 1.165) is 18.4 Å². The Bertz CT molecular complexity index is 1160. The van der Waals surface area contributed by atoms with Crippen LogP contribution in [0.25, 0.3) is 11.0 Å². The maximum Gasteiger partial charge on any atom is 0.326 e. The van der Waals surface area contributed by atoms with Gasteiger partial charge in [-0.2, -0.15) is 5.26 Å².